The summed E-state index contributed by atoms with van der Waals surface area (Å²) in [5.74, 6) is 0.0633. The maximum absolute atomic E-state index is 12.7. The van der Waals surface area contributed by atoms with E-state index in [2.05, 4.69) is 20.4 Å². The number of sulfonamides is 1. The number of ether oxygens (including phenoxy) is 1. The van der Waals surface area contributed by atoms with Gasteiger partial charge < -0.3 is 9.64 Å². The highest BCUT2D eigenvalue weighted by molar-refractivity contribution is 7.92. The van der Waals surface area contributed by atoms with Gasteiger partial charge in [0.1, 0.15) is 5.75 Å². The molecular weight excluding hydrogens is 424 g/mol. The van der Waals surface area contributed by atoms with Crippen molar-refractivity contribution in [3.8, 4) is 11.8 Å². The van der Waals surface area contributed by atoms with Crippen LogP contribution in [0.2, 0.25) is 0 Å². The molecule has 0 radical (unpaired) electrons. The smallest absolute Gasteiger partial charge is 0.387 e. The van der Waals surface area contributed by atoms with E-state index < -0.39 is 22.6 Å². The molecule has 2 aromatic carbocycles. The van der Waals surface area contributed by atoms with Crippen LogP contribution in [-0.4, -0.2) is 27.3 Å². The van der Waals surface area contributed by atoms with Crippen LogP contribution >= 0.6 is 0 Å². The molecule has 4 rings (SSSR count). The lowest BCUT2D eigenvalue weighted by Crippen LogP contribution is -2.28. The molecule has 0 spiro atoms. The van der Waals surface area contributed by atoms with Crippen LogP contribution in [0.15, 0.2) is 42.5 Å². The van der Waals surface area contributed by atoms with E-state index in [0.29, 0.717) is 11.6 Å². The van der Waals surface area contributed by atoms with Gasteiger partial charge >= 0.3 is 6.61 Å². The zero-order valence-corrected chi connectivity index (χ0v) is 17.8. The van der Waals surface area contributed by atoms with Gasteiger partial charge in [0.15, 0.2) is 0 Å². The first kappa shape index (κ1) is 21.4. The van der Waals surface area contributed by atoms with Crippen molar-refractivity contribution in [2.75, 3.05) is 21.9 Å². The van der Waals surface area contributed by atoms with Crippen LogP contribution in [0.1, 0.15) is 42.9 Å². The Morgan fingerprint density at radius 2 is 1.94 bits per heavy atom. The van der Waals surface area contributed by atoms with Gasteiger partial charge in [-0.2, -0.15) is 14.0 Å². The number of halogens is 2. The van der Waals surface area contributed by atoms with Crippen LogP contribution in [0.3, 0.4) is 0 Å². The first-order valence-electron chi connectivity index (χ1n) is 10.2. The maximum atomic E-state index is 12.7. The van der Waals surface area contributed by atoms with Gasteiger partial charge in [-0.15, -0.1) is 0 Å². The Morgan fingerprint density at radius 3 is 2.52 bits per heavy atom. The molecule has 1 aliphatic carbocycles. The number of nitrogens with zero attached hydrogens (tertiary/aromatic N) is 2. The minimum atomic E-state index is -3.38. The highest BCUT2D eigenvalue weighted by Crippen LogP contribution is 2.51. The molecule has 1 saturated carbocycles. The van der Waals surface area contributed by atoms with Crippen molar-refractivity contribution in [3.05, 3.63) is 53.6 Å². The van der Waals surface area contributed by atoms with Gasteiger partial charge in [0, 0.05) is 24.0 Å². The Morgan fingerprint density at radius 1 is 1.23 bits per heavy atom. The summed E-state index contributed by atoms with van der Waals surface area (Å²) >= 11 is 0. The fraction of sp³-hybridized carbons (Fsp3) is 0.409. The van der Waals surface area contributed by atoms with Crippen LogP contribution in [0.4, 0.5) is 20.2 Å². The maximum Gasteiger partial charge on any atom is 0.387 e. The number of hydrogen-bond acceptors (Lipinski definition) is 5. The first-order chi connectivity index (χ1) is 14.8. The molecule has 1 aliphatic heterocycles. The van der Waals surface area contributed by atoms with E-state index >= 15 is 0 Å². The molecule has 6 nitrogen and oxygen atoms in total. The fourth-order valence-electron chi connectivity index (χ4n) is 4.01. The van der Waals surface area contributed by atoms with Crippen molar-refractivity contribution in [1.29, 1.82) is 5.26 Å². The molecule has 1 heterocycles. The van der Waals surface area contributed by atoms with E-state index in [1.807, 2.05) is 12.1 Å². The molecule has 0 saturated heterocycles. The lowest BCUT2D eigenvalue weighted by Gasteiger charge is -2.29. The molecule has 1 fully saturated rings. The second-order valence-corrected chi connectivity index (χ2v) is 9.88. The number of hydrogen-bond donors (Lipinski definition) is 1. The molecule has 2 unspecified atom stereocenters. The predicted octanol–water partition coefficient (Wildman–Crippen LogP) is 4.63. The van der Waals surface area contributed by atoms with Crippen LogP contribution in [0.5, 0.6) is 5.75 Å². The average molecular weight is 448 g/mol. The van der Waals surface area contributed by atoms with Crippen molar-refractivity contribution < 1.29 is 21.9 Å². The van der Waals surface area contributed by atoms with Crippen molar-refractivity contribution in [2.24, 2.45) is 5.92 Å². The van der Waals surface area contributed by atoms with Crippen LogP contribution in [-0.2, 0) is 10.0 Å². The number of fused-ring (bicyclic) bond motifs is 1. The van der Waals surface area contributed by atoms with Gasteiger partial charge in [-0.1, -0.05) is 18.2 Å². The molecule has 0 aromatic heterocycles. The molecule has 31 heavy (non-hydrogen) atoms. The third-order valence-electron chi connectivity index (χ3n) is 5.72. The Labute approximate surface area is 180 Å². The quantitative estimate of drug-likeness (QED) is 0.638. The summed E-state index contributed by atoms with van der Waals surface area (Å²) in [5.41, 5.74) is 2.83. The summed E-state index contributed by atoms with van der Waals surface area (Å²) < 4.78 is 56.2. The van der Waals surface area contributed by atoms with Gasteiger partial charge in [-0.3, -0.25) is 4.72 Å². The van der Waals surface area contributed by atoms with E-state index in [9.17, 15) is 22.5 Å². The summed E-state index contributed by atoms with van der Waals surface area (Å²) in [5, 5.41) is 9.95. The fourth-order valence-corrected chi connectivity index (χ4v) is 4.65. The Balaban J connectivity index is 1.69. The summed E-state index contributed by atoms with van der Waals surface area (Å²) in [4.78, 5) is 2.10. The minimum Gasteiger partial charge on any atom is -0.435 e. The van der Waals surface area contributed by atoms with Crippen molar-refractivity contribution in [3.63, 3.8) is 0 Å². The van der Waals surface area contributed by atoms with Crippen LogP contribution in [0, 0.1) is 17.2 Å². The second-order valence-electron chi connectivity index (χ2n) is 7.87. The van der Waals surface area contributed by atoms with Gasteiger partial charge in [0.2, 0.25) is 10.0 Å². The molecule has 0 amide bonds. The number of anilines is 2. The Hall–Kier alpha value is -2.86. The van der Waals surface area contributed by atoms with E-state index in [0.717, 1.165) is 36.2 Å². The van der Waals surface area contributed by atoms with Crippen molar-refractivity contribution in [2.45, 2.75) is 38.3 Å². The van der Waals surface area contributed by atoms with E-state index in [-0.39, 0.29) is 17.5 Å². The van der Waals surface area contributed by atoms with Gasteiger partial charge in [-0.05, 0) is 55.0 Å². The molecule has 2 aliphatic rings. The van der Waals surface area contributed by atoms with E-state index in [1.54, 1.807) is 31.2 Å². The largest absolute Gasteiger partial charge is 0.435 e. The molecule has 164 valence electrons. The van der Waals surface area contributed by atoms with Crippen molar-refractivity contribution >= 4 is 21.4 Å². The van der Waals surface area contributed by atoms with Gasteiger partial charge in [0.25, 0.3) is 0 Å². The standard InChI is InChI=1S/C22H23F2N3O3S/c1-2-31(28,29)26-16-7-5-15(6-8-16)21-19(12-25)18-10-9-17(30-22(23)24)11-20(18)27(21)13-14-3-4-14/h5-11,14,19,21-22,26H,2-4,13H2,1H3. The first-order valence-corrected chi connectivity index (χ1v) is 11.8. The van der Waals surface area contributed by atoms with Crippen LogP contribution in [0.25, 0.3) is 0 Å². The second kappa shape index (κ2) is 8.35. The predicted molar refractivity (Wildman–Crippen MR) is 114 cm³/mol. The molecule has 2 aromatic rings. The molecule has 9 heteroatoms. The van der Waals surface area contributed by atoms with Crippen LogP contribution < -0.4 is 14.4 Å². The monoisotopic (exact) mass is 447 g/mol. The normalized spacial score (nSPS) is 20.4. The minimum absolute atomic E-state index is 0.0264. The number of nitrogens with one attached hydrogen (secondary N) is 1. The topological polar surface area (TPSA) is 82.4 Å². The average Bonchev–Trinajstić information content (AvgIpc) is 3.50. The highest BCUT2D eigenvalue weighted by Gasteiger charge is 2.42. The highest BCUT2D eigenvalue weighted by atomic mass is 32.2. The summed E-state index contributed by atoms with van der Waals surface area (Å²) in [6.45, 7) is -0.637. The van der Waals surface area contributed by atoms with E-state index in [1.165, 1.54) is 6.07 Å². The number of alkyl halides is 2. The third kappa shape index (κ3) is 4.59. The van der Waals surface area contributed by atoms with E-state index in [4.69, 9.17) is 0 Å². The van der Waals surface area contributed by atoms with Gasteiger partial charge in [0.05, 0.1) is 23.8 Å². The lowest BCUT2D eigenvalue weighted by molar-refractivity contribution is -0.0498. The molecular formula is C22H23F2N3O3S. The zero-order valence-electron chi connectivity index (χ0n) is 17.0. The summed E-state index contributed by atoms with van der Waals surface area (Å²) in [6.07, 6.45) is 2.20. The number of benzene rings is 2. The lowest BCUT2D eigenvalue weighted by atomic mass is 9.91. The molecule has 0 bridgehead atoms. The Bertz CT molecular complexity index is 1100. The summed E-state index contributed by atoms with van der Waals surface area (Å²) in [6, 6.07) is 13.8. The SMILES string of the molecule is CCS(=O)(=O)Nc1ccc(C2C(C#N)c3ccc(OC(F)F)cc3N2CC2CC2)cc1. The third-order valence-corrected chi connectivity index (χ3v) is 7.03. The summed E-state index contributed by atoms with van der Waals surface area (Å²) in [7, 11) is -3.38. The van der Waals surface area contributed by atoms with Crippen molar-refractivity contribution in [1.82, 2.24) is 0 Å². The Kier molecular flexibility index (Phi) is 5.75. The molecule has 2 atom stereocenters. The zero-order chi connectivity index (χ0) is 22.2. The van der Waals surface area contributed by atoms with Gasteiger partial charge in [-0.25, -0.2) is 8.42 Å². The number of rotatable bonds is 8. The molecule has 1 N–H and O–H groups in total. The number of nitriles is 1.